The van der Waals surface area contributed by atoms with Crippen molar-refractivity contribution in [1.82, 2.24) is 15.3 Å². The van der Waals surface area contributed by atoms with Crippen LogP contribution in [-0.4, -0.2) is 22.5 Å². The summed E-state index contributed by atoms with van der Waals surface area (Å²) in [6.07, 6.45) is 4.42. The van der Waals surface area contributed by atoms with E-state index in [2.05, 4.69) is 17.2 Å². The predicted octanol–water partition coefficient (Wildman–Crippen LogP) is 5.89. The molecule has 0 spiro atoms. The molecule has 0 fully saturated rings. The molecule has 5 heteroatoms. The number of nitrogens with zero attached hydrogens (tertiary/aromatic N) is 2. The van der Waals surface area contributed by atoms with Crippen molar-refractivity contribution in [2.24, 2.45) is 0 Å². The maximum atomic E-state index is 13.3. The van der Waals surface area contributed by atoms with Gasteiger partial charge < -0.3 is 10.1 Å². The first-order valence-electron chi connectivity index (χ1n) is 10.9. The van der Waals surface area contributed by atoms with Crippen LogP contribution in [0.4, 0.5) is 0 Å². The molecule has 0 radical (unpaired) electrons. The van der Waals surface area contributed by atoms with Gasteiger partial charge in [0, 0.05) is 23.3 Å². The van der Waals surface area contributed by atoms with E-state index in [4.69, 9.17) is 9.72 Å². The zero-order valence-corrected chi connectivity index (χ0v) is 18.6. The number of amides is 1. The molecule has 1 unspecified atom stereocenters. The molecule has 1 amide bonds. The summed E-state index contributed by atoms with van der Waals surface area (Å²) in [5, 5.41) is 3.96. The topological polar surface area (TPSA) is 64.1 Å². The van der Waals surface area contributed by atoms with Crippen molar-refractivity contribution in [2.75, 3.05) is 6.61 Å². The standard InChI is InChI=1S/C27H27N3O2/c1-4-15-32-22-8-6-21(7-9-22)26-17-24(23-16-18(2)5-10-25(23)30-26)27(31)29-19(3)20-11-13-28-14-12-20/h5-14,16-17,19H,4,15H2,1-3H3,(H,29,31). The number of pyridine rings is 2. The van der Waals surface area contributed by atoms with E-state index in [-0.39, 0.29) is 11.9 Å². The van der Waals surface area contributed by atoms with E-state index < -0.39 is 0 Å². The number of hydrogen-bond acceptors (Lipinski definition) is 4. The Balaban J connectivity index is 1.70. The minimum atomic E-state index is -0.142. The number of carbonyl (C=O) groups is 1. The number of carbonyl (C=O) groups excluding carboxylic acids is 1. The highest BCUT2D eigenvalue weighted by molar-refractivity contribution is 6.07. The summed E-state index contributed by atoms with van der Waals surface area (Å²) >= 11 is 0. The van der Waals surface area contributed by atoms with E-state index in [1.165, 1.54) is 0 Å². The van der Waals surface area contributed by atoms with E-state index in [1.54, 1.807) is 12.4 Å². The van der Waals surface area contributed by atoms with Crippen molar-refractivity contribution < 1.29 is 9.53 Å². The molecule has 2 aromatic heterocycles. The van der Waals surface area contributed by atoms with Crippen molar-refractivity contribution in [2.45, 2.75) is 33.2 Å². The quantitative estimate of drug-likeness (QED) is 0.401. The molecule has 1 N–H and O–H groups in total. The zero-order valence-electron chi connectivity index (χ0n) is 18.6. The van der Waals surface area contributed by atoms with Gasteiger partial charge in [0.25, 0.3) is 5.91 Å². The molecule has 0 aliphatic heterocycles. The molecule has 5 nitrogen and oxygen atoms in total. The minimum Gasteiger partial charge on any atom is -0.494 e. The van der Waals surface area contributed by atoms with Gasteiger partial charge in [0.15, 0.2) is 0 Å². The summed E-state index contributed by atoms with van der Waals surface area (Å²) in [6, 6.07) is 19.4. The molecular formula is C27H27N3O2. The largest absolute Gasteiger partial charge is 0.494 e. The highest BCUT2D eigenvalue weighted by Crippen LogP contribution is 2.27. The van der Waals surface area contributed by atoms with Crippen LogP contribution in [0.2, 0.25) is 0 Å². The fourth-order valence-electron chi connectivity index (χ4n) is 3.63. The zero-order chi connectivity index (χ0) is 22.5. The smallest absolute Gasteiger partial charge is 0.252 e. The van der Waals surface area contributed by atoms with Crippen LogP contribution in [0.25, 0.3) is 22.2 Å². The second-order valence-corrected chi connectivity index (χ2v) is 7.92. The van der Waals surface area contributed by atoms with Gasteiger partial charge in [0.2, 0.25) is 0 Å². The third-order valence-electron chi connectivity index (χ3n) is 5.39. The van der Waals surface area contributed by atoms with Crippen LogP contribution in [0, 0.1) is 6.92 Å². The molecule has 0 saturated heterocycles. The van der Waals surface area contributed by atoms with E-state index >= 15 is 0 Å². The van der Waals surface area contributed by atoms with Gasteiger partial charge in [0.1, 0.15) is 5.75 Å². The molecule has 1 atom stereocenters. The lowest BCUT2D eigenvalue weighted by Crippen LogP contribution is -2.27. The SMILES string of the molecule is CCCOc1ccc(-c2cc(C(=O)NC(C)c3ccncc3)c3cc(C)ccc3n2)cc1. The fraction of sp³-hybridized carbons (Fsp3) is 0.222. The van der Waals surface area contributed by atoms with Crippen LogP contribution in [-0.2, 0) is 0 Å². The molecule has 2 heterocycles. The fourth-order valence-corrected chi connectivity index (χ4v) is 3.63. The molecule has 0 aliphatic carbocycles. The number of fused-ring (bicyclic) bond motifs is 1. The first kappa shape index (κ1) is 21.5. The minimum absolute atomic E-state index is 0.128. The van der Waals surface area contributed by atoms with E-state index in [0.29, 0.717) is 12.2 Å². The van der Waals surface area contributed by atoms with Crippen molar-refractivity contribution >= 4 is 16.8 Å². The van der Waals surface area contributed by atoms with Gasteiger partial charge in [-0.05, 0) is 80.4 Å². The Morgan fingerprint density at radius 3 is 2.50 bits per heavy atom. The summed E-state index contributed by atoms with van der Waals surface area (Å²) in [5.41, 5.74) is 5.19. The second kappa shape index (κ2) is 9.60. The molecule has 0 saturated carbocycles. The van der Waals surface area contributed by atoms with Crippen LogP contribution in [0.5, 0.6) is 5.75 Å². The number of nitrogens with one attached hydrogen (secondary N) is 1. The van der Waals surface area contributed by atoms with Gasteiger partial charge in [-0.3, -0.25) is 9.78 Å². The lowest BCUT2D eigenvalue weighted by atomic mass is 10.0. The number of benzene rings is 2. The highest BCUT2D eigenvalue weighted by atomic mass is 16.5. The Morgan fingerprint density at radius 2 is 1.78 bits per heavy atom. The Labute approximate surface area is 188 Å². The van der Waals surface area contributed by atoms with Crippen molar-refractivity contribution in [3.05, 3.63) is 89.7 Å². The number of rotatable bonds is 7. The van der Waals surface area contributed by atoms with E-state index in [1.807, 2.05) is 74.5 Å². The summed E-state index contributed by atoms with van der Waals surface area (Å²) in [5.74, 6) is 0.701. The van der Waals surface area contributed by atoms with Gasteiger partial charge in [-0.2, -0.15) is 0 Å². The number of aromatic nitrogens is 2. The number of ether oxygens (including phenoxy) is 1. The summed E-state index contributed by atoms with van der Waals surface area (Å²) in [6.45, 7) is 6.76. The van der Waals surface area contributed by atoms with Crippen molar-refractivity contribution in [3.8, 4) is 17.0 Å². The van der Waals surface area contributed by atoms with Crippen LogP contribution >= 0.6 is 0 Å². The van der Waals surface area contributed by atoms with Crippen LogP contribution in [0.1, 0.15) is 47.8 Å². The first-order valence-corrected chi connectivity index (χ1v) is 10.9. The van der Waals surface area contributed by atoms with Crippen LogP contribution in [0.15, 0.2) is 73.1 Å². The molecular weight excluding hydrogens is 398 g/mol. The van der Waals surface area contributed by atoms with Gasteiger partial charge in [0.05, 0.1) is 29.4 Å². The maximum Gasteiger partial charge on any atom is 0.252 e. The summed E-state index contributed by atoms with van der Waals surface area (Å²) in [4.78, 5) is 22.2. The van der Waals surface area contributed by atoms with Gasteiger partial charge >= 0.3 is 0 Å². The molecule has 0 aliphatic rings. The molecule has 0 bridgehead atoms. The van der Waals surface area contributed by atoms with Gasteiger partial charge in [-0.15, -0.1) is 0 Å². The normalized spacial score (nSPS) is 11.8. The average Bonchev–Trinajstić information content (AvgIpc) is 2.83. The average molecular weight is 426 g/mol. The first-order chi connectivity index (χ1) is 15.5. The molecule has 32 heavy (non-hydrogen) atoms. The third-order valence-corrected chi connectivity index (χ3v) is 5.39. The summed E-state index contributed by atoms with van der Waals surface area (Å²) in [7, 11) is 0. The third kappa shape index (κ3) is 4.78. The highest BCUT2D eigenvalue weighted by Gasteiger charge is 2.17. The second-order valence-electron chi connectivity index (χ2n) is 7.92. The molecule has 4 rings (SSSR count). The lowest BCUT2D eigenvalue weighted by molar-refractivity contribution is 0.0941. The predicted molar refractivity (Wildman–Crippen MR) is 128 cm³/mol. The van der Waals surface area contributed by atoms with Gasteiger partial charge in [-0.1, -0.05) is 18.6 Å². The Bertz CT molecular complexity index is 1220. The summed E-state index contributed by atoms with van der Waals surface area (Å²) < 4.78 is 5.69. The van der Waals surface area contributed by atoms with Crippen LogP contribution < -0.4 is 10.1 Å². The lowest BCUT2D eigenvalue weighted by Gasteiger charge is -2.16. The maximum absolute atomic E-state index is 13.3. The molecule has 162 valence electrons. The Morgan fingerprint density at radius 1 is 1.03 bits per heavy atom. The Kier molecular flexibility index (Phi) is 6.45. The van der Waals surface area contributed by atoms with Crippen molar-refractivity contribution in [1.29, 1.82) is 0 Å². The molecule has 4 aromatic rings. The van der Waals surface area contributed by atoms with E-state index in [9.17, 15) is 4.79 Å². The Hall–Kier alpha value is -3.73. The van der Waals surface area contributed by atoms with Crippen LogP contribution in [0.3, 0.4) is 0 Å². The number of hydrogen-bond donors (Lipinski definition) is 1. The van der Waals surface area contributed by atoms with E-state index in [0.717, 1.165) is 45.5 Å². The van der Waals surface area contributed by atoms with Crippen molar-refractivity contribution in [3.63, 3.8) is 0 Å². The molecule has 2 aromatic carbocycles. The monoisotopic (exact) mass is 425 g/mol. The number of aryl methyl sites for hydroxylation is 1. The van der Waals surface area contributed by atoms with Gasteiger partial charge in [-0.25, -0.2) is 4.98 Å².